The molecule has 104 valence electrons. The zero-order valence-corrected chi connectivity index (χ0v) is 12.1. The minimum Gasteiger partial charge on any atom is -0.310 e. The Morgan fingerprint density at radius 2 is 2.10 bits per heavy atom. The predicted molar refractivity (Wildman–Crippen MR) is 82.8 cm³/mol. The van der Waals surface area contributed by atoms with E-state index >= 15 is 0 Å². The van der Waals surface area contributed by atoms with E-state index in [1.165, 1.54) is 30.4 Å². The molecular formula is C18H22N2. The first-order valence-corrected chi connectivity index (χ1v) is 7.61. The van der Waals surface area contributed by atoms with Crippen molar-refractivity contribution in [1.29, 1.82) is 0 Å². The second kappa shape index (κ2) is 6.19. The molecule has 0 fully saturated rings. The van der Waals surface area contributed by atoms with Gasteiger partial charge in [-0.05, 0) is 60.5 Å². The molecule has 2 heteroatoms. The summed E-state index contributed by atoms with van der Waals surface area (Å²) in [5.74, 6) is 0. The lowest BCUT2D eigenvalue weighted by Crippen LogP contribution is -2.23. The summed E-state index contributed by atoms with van der Waals surface area (Å²) < 4.78 is 0. The highest BCUT2D eigenvalue weighted by Crippen LogP contribution is 2.26. The molecule has 0 aliphatic heterocycles. The monoisotopic (exact) mass is 266 g/mol. The van der Waals surface area contributed by atoms with Crippen LogP contribution in [-0.4, -0.2) is 11.5 Å². The van der Waals surface area contributed by atoms with Crippen molar-refractivity contribution in [1.82, 2.24) is 10.3 Å². The number of fused-ring (bicyclic) bond motifs is 1. The van der Waals surface area contributed by atoms with E-state index in [2.05, 4.69) is 41.5 Å². The summed E-state index contributed by atoms with van der Waals surface area (Å²) in [6.45, 7) is 3.16. The Kier molecular flexibility index (Phi) is 4.12. The number of aryl methyl sites for hydroxylation is 2. The lowest BCUT2D eigenvalue weighted by molar-refractivity contribution is 0.548. The first kappa shape index (κ1) is 13.3. The normalized spacial score (nSPS) is 15.1. The van der Waals surface area contributed by atoms with E-state index in [9.17, 15) is 0 Å². The van der Waals surface area contributed by atoms with Gasteiger partial charge in [0.1, 0.15) is 0 Å². The molecule has 0 bridgehead atoms. The predicted octanol–water partition coefficient (Wildman–Crippen LogP) is 3.46. The minimum atomic E-state index is 0.384. The van der Waals surface area contributed by atoms with Crippen LogP contribution in [0.4, 0.5) is 0 Å². The molecule has 1 aromatic heterocycles. The fraction of sp³-hybridized carbons (Fsp3) is 0.389. The van der Waals surface area contributed by atoms with Crippen LogP contribution in [0.1, 0.15) is 41.6 Å². The minimum absolute atomic E-state index is 0.384. The summed E-state index contributed by atoms with van der Waals surface area (Å²) in [7, 11) is 0. The molecule has 1 aliphatic carbocycles. The van der Waals surface area contributed by atoms with Crippen molar-refractivity contribution < 1.29 is 0 Å². The van der Waals surface area contributed by atoms with Crippen LogP contribution in [0, 0.1) is 0 Å². The lowest BCUT2D eigenvalue weighted by atomic mass is 9.96. The van der Waals surface area contributed by atoms with Crippen molar-refractivity contribution in [3.8, 4) is 0 Å². The van der Waals surface area contributed by atoms with Crippen LogP contribution in [0.2, 0.25) is 0 Å². The van der Waals surface area contributed by atoms with Crippen molar-refractivity contribution >= 4 is 0 Å². The zero-order chi connectivity index (χ0) is 13.8. The van der Waals surface area contributed by atoms with Crippen LogP contribution in [-0.2, 0) is 19.3 Å². The molecule has 1 N–H and O–H groups in total. The number of nitrogens with zero attached hydrogens (tertiary/aromatic N) is 1. The number of likely N-dealkylation sites (N-methyl/N-ethyl adjacent to an activating group) is 1. The van der Waals surface area contributed by atoms with Gasteiger partial charge in [-0.15, -0.1) is 0 Å². The zero-order valence-electron chi connectivity index (χ0n) is 12.1. The first-order chi connectivity index (χ1) is 9.86. The molecule has 1 aliphatic rings. The standard InChI is InChI=1S/C18H22N2/c1-2-20-18(11-14-5-4-10-19-13-14)17-9-8-15-6-3-7-16(15)12-17/h4-5,8-10,12-13,18,20H,2-3,6-7,11H2,1H3. The molecule has 0 radical (unpaired) electrons. The van der Waals surface area contributed by atoms with Gasteiger partial charge < -0.3 is 5.32 Å². The summed E-state index contributed by atoms with van der Waals surface area (Å²) in [5.41, 5.74) is 5.80. The SMILES string of the molecule is CCNC(Cc1cccnc1)c1ccc2c(c1)CCC2. The van der Waals surface area contributed by atoms with Gasteiger partial charge in [-0.2, -0.15) is 0 Å². The quantitative estimate of drug-likeness (QED) is 0.896. The van der Waals surface area contributed by atoms with Gasteiger partial charge in [-0.25, -0.2) is 0 Å². The van der Waals surface area contributed by atoms with E-state index in [-0.39, 0.29) is 0 Å². The molecule has 20 heavy (non-hydrogen) atoms. The third kappa shape index (κ3) is 2.91. The molecule has 1 unspecified atom stereocenters. The van der Waals surface area contributed by atoms with Gasteiger partial charge in [-0.1, -0.05) is 31.2 Å². The Bertz CT molecular complexity index is 563. The smallest absolute Gasteiger partial charge is 0.0361 e. The van der Waals surface area contributed by atoms with Crippen LogP contribution >= 0.6 is 0 Å². The van der Waals surface area contributed by atoms with Crippen molar-refractivity contribution in [3.63, 3.8) is 0 Å². The number of aromatic nitrogens is 1. The Morgan fingerprint density at radius 1 is 1.20 bits per heavy atom. The van der Waals surface area contributed by atoms with Gasteiger partial charge in [0.15, 0.2) is 0 Å². The maximum Gasteiger partial charge on any atom is 0.0361 e. The van der Waals surface area contributed by atoms with Crippen molar-refractivity contribution in [3.05, 3.63) is 65.0 Å². The molecule has 2 aromatic rings. The highest BCUT2D eigenvalue weighted by Gasteiger charge is 2.16. The second-order valence-corrected chi connectivity index (χ2v) is 5.56. The van der Waals surface area contributed by atoms with Crippen LogP contribution in [0.5, 0.6) is 0 Å². The third-order valence-electron chi connectivity index (χ3n) is 4.14. The molecule has 0 saturated heterocycles. The maximum atomic E-state index is 4.22. The fourth-order valence-corrected chi connectivity index (χ4v) is 3.12. The summed E-state index contributed by atoms with van der Waals surface area (Å²) in [6.07, 6.45) is 8.62. The van der Waals surface area contributed by atoms with E-state index in [0.717, 1.165) is 13.0 Å². The molecule has 1 heterocycles. The van der Waals surface area contributed by atoms with Gasteiger partial charge in [0, 0.05) is 18.4 Å². The topological polar surface area (TPSA) is 24.9 Å². The molecule has 2 nitrogen and oxygen atoms in total. The Hall–Kier alpha value is -1.67. The van der Waals surface area contributed by atoms with Crippen molar-refractivity contribution in [2.24, 2.45) is 0 Å². The third-order valence-corrected chi connectivity index (χ3v) is 4.14. The molecular weight excluding hydrogens is 244 g/mol. The lowest BCUT2D eigenvalue weighted by Gasteiger charge is -2.19. The van der Waals surface area contributed by atoms with E-state index in [4.69, 9.17) is 0 Å². The summed E-state index contributed by atoms with van der Waals surface area (Å²) >= 11 is 0. The van der Waals surface area contributed by atoms with E-state index in [1.54, 1.807) is 11.1 Å². The number of hydrogen-bond acceptors (Lipinski definition) is 2. The van der Waals surface area contributed by atoms with Crippen LogP contribution < -0.4 is 5.32 Å². The number of pyridine rings is 1. The van der Waals surface area contributed by atoms with Gasteiger partial charge in [0.05, 0.1) is 0 Å². The number of nitrogens with one attached hydrogen (secondary N) is 1. The van der Waals surface area contributed by atoms with Crippen LogP contribution in [0.15, 0.2) is 42.7 Å². The average molecular weight is 266 g/mol. The van der Waals surface area contributed by atoms with E-state index in [0.29, 0.717) is 6.04 Å². The first-order valence-electron chi connectivity index (χ1n) is 7.61. The summed E-state index contributed by atoms with van der Waals surface area (Å²) in [4.78, 5) is 4.22. The molecule has 0 spiro atoms. The van der Waals surface area contributed by atoms with Gasteiger partial charge in [0.2, 0.25) is 0 Å². The fourth-order valence-electron chi connectivity index (χ4n) is 3.12. The van der Waals surface area contributed by atoms with Gasteiger partial charge in [-0.3, -0.25) is 4.98 Å². The van der Waals surface area contributed by atoms with Crippen LogP contribution in [0.25, 0.3) is 0 Å². The summed E-state index contributed by atoms with van der Waals surface area (Å²) in [6, 6.07) is 11.6. The highest BCUT2D eigenvalue weighted by atomic mass is 14.9. The molecule has 3 rings (SSSR count). The summed E-state index contributed by atoms with van der Waals surface area (Å²) in [5, 5.41) is 3.61. The Labute approximate surface area is 121 Å². The van der Waals surface area contributed by atoms with Crippen LogP contribution in [0.3, 0.4) is 0 Å². The Morgan fingerprint density at radius 3 is 2.90 bits per heavy atom. The number of hydrogen-bond donors (Lipinski definition) is 1. The molecule has 1 atom stereocenters. The van der Waals surface area contributed by atoms with Gasteiger partial charge >= 0.3 is 0 Å². The number of benzene rings is 1. The average Bonchev–Trinajstić information content (AvgIpc) is 2.95. The highest BCUT2D eigenvalue weighted by molar-refractivity contribution is 5.37. The molecule has 0 amide bonds. The van der Waals surface area contributed by atoms with E-state index in [1.807, 2.05) is 18.5 Å². The molecule has 1 aromatic carbocycles. The Balaban J connectivity index is 1.83. The van der Waals surface area contributed by atoms with Gasteiger partial charge in [0.25, 0.3) is 0 Å². The van der Waals surface area contributed by atoms with E-state index < -0.39 is 0 Å². The van der Waals surface area contributed by atoms with Crippen molar-refractivity contribution in [2.45, 2.75) is 38.6 Å². The number of rotatable bonds is 5. The molecule has 0 saturated carbocycles. The van der Waals surface area contributed by atoms with Crippen molar-refractivity contribution in [2.75, 3.05) is 6.54 Å². The second-order valence-electron chi connectivity index (χ2n) is 5.56. The maximum absolute atomic E-state index is 4.22. The largest absolute Gasteiger partial charge is 0.310 e.